The summed E-state index contributed by atoms with van der Waals surface area (Å²) in [4.78, 5) is 1.39. The zero-order valence-electron chi connectivity index (χ0n) is 6.84. The summed E-state index contributed by atoms with van der Waals surface area (Å²) in [5.41, 5.74) is 1.05. The van der Waals surface area contributed by atoms with Crippen molar-refractivity contribution in [2.24, 2.45) is 0 Å². The first-order valence-corrected chi connectivity index (χ1v) is 7.17. The Labute approximate surface area is 109 Å². The van der Waals surface area contributed by atoms with Crippen LogP contribution in [0.2, 0.25) is 8.67 Å². The molecule has 5 heteroatoms. The van der Waals surface area contributed by atoms with E-state index >= 15 is 0 Å². The summed E-state index contributed by atoms with van der Waals surface area (Å²) < 4.78 is 1.48. The standard InChI is InChI=1S/C9H5BrCl2S2/c10-8(6-2-1-3-13-6)5-4-7(11)14-9(5)12/h1-4,8H. The Morgan fingerprint density at radius 1 is 1.36 bits per heavy atom. The third-order valence-electron chi connectivity index (χ3n) is 1.75. The van der Waals surface area contributed by atoms with Crippen LogP contribution in [0.4, 0.5) is 0 Å². The van der Waals surface area contributed by atoms with Crippen molar-refractivity contribution in [3.8, 4) is 0 Å². The van der Waals surface area contributed by atoms with E-state index in [0.717, 1.165) is 14.2 Å². The zero-order chi connectivity index (χ0) is 10.1. The molecule has 0 spiro atoms. The maximum atomic E-state index is 6.07. The number of hydrogen-bond donors (Lipinski definition) is 0. The number of thiophene rings is 2. The van der Waals surface area contributed by atoms with E-state index in [-0.39, 0.29) is 4.83 Å². The number of alkyl halides is 1. The fraction of sp³-hybridized carbons (Fsp3) is 0.111. The minimum Gasteiger partial charge on any atom is -0.147 e. The zero-order valence-corrected chi connectivity index (χ0v) is 11.6. The molecular formula is C9H5BrCl2S2. The van der Waals surface area contributed by atoms with Gasteiger partial charge in [0.05, 0.1) is 13.5 Å². The van der Waals surface area contributed by atoms with Crippen LogP contribution in [0.25, 0.3) is 0 Å². The second-order valence-electron chi connectivity index (χ2n) is 2.66. The maximum absolute atomic E-state index is 6.07. The second kappa shape index (κ2) is 4.54. The Morgan fingerprint density at radius 3 is 2.64 bits per heavy atom. The topological polar surface area (TPSA) is 0 Å². The minimum absolute atomic E-state index is 0.152. The van der Waals surface area contributed by atoms with Crippen LogP contribution >= 0.6 is 61.8 Å². The first-order valence-electron chi connectivity index (χ1n) is 3.80. The summed E-state index contributed by atoms with van der Waals surface area (Å²) in [6.07, 6.45) is 0. The molecule has 0 nitrogen and oxygen atoms in total. The molecule has 0 N–H and O–H groups in total. The van der Waals surface area contributed by atoms with Gasteiger partial charge < -0.3 is 0 Å². The van der Waals surface area contributed by atoms with Crippen molar-refractivity contribution in [3.05, 3.63) is 42.7 Å². The summed E-state index contributed by atoms with van der Waals surface area (Å²) in [7, 11) is 0. The molecule has 0 aliphatic heterocycles. The normalized spacial score (nSPS) is 13.1. The molecule has 0 saturated carbocycles. The molecule has 2 rings (SSSR count). The lowest BCUT2D eigenvalue weighted by atomic mass is 10.2. The number of hydrogen-bond acceptors (Lipinski definition) is 2. The van der Waals surface area contributed by atoms with Crippen LogP contribution in [0.1, 0.15) is 15.3 Å². The quantitative estimate of drug-likeness (QED) is 0.630. The lowest BCUT2D eigenvalue weighted by Gasteiger charge is -2.05. The monoisotopic (exact) mass is 326 g/mol. The van der Waals surface area contributed by atoms with E-state index in [2.05, 4.69) is 22.0 Å². The van der Waals surface area contributed by atoms with Crippen LogP contribution in [0, 0.1) is 0 Å². The predicted octanol–water partition coefficient (Wildman–Crippen LogP) is 5.60. The van der Waals surface area contributed by atoms with Gasteiger partial charge in [0, 0.05) is 10.4 Å². The van der Waals surface area contributed by atoms with E-state index in [9.17, 15) is 0 Å². The summed E-state index contributed by atoms with van der Waals surface area (Å²) in [5.74, 6) is 0. The van der Waals surface area contributed by atoms with Crippen LogP contribution in [0.3, 0.4) is 0 Å². The Morgan fingerprint density at radius 2 is 2.14 bits per heavy atom. The van der Waals surface area contributed by atoms with Gasteiger partial charge in [-0.3, -0.25) is 0 Å². The highest BCUT2D eigenvalue weighted by Crippen LogP contribution is 2.42. The predicted molar refractivity (Wildman–Crippen MR) is 69.4 cm³/mol. The molecule has 2 aromatic rings. The molecule has 2 heterocycles. The van der Waals surface area contributed by atoms with E-state index in [1.165, 1.54) is 16.2 Å². The molecule has 74 valence electrons. The molecule has 0 bridgehead atoms. The molecule has 14 heavy (non-hydrogen) atoms. The number of halogens is 3. The van der Waals surface area contributed by atoms with Gasteiger partial charge in [-0.05, 0) is 17.5 Å². The molecule has 1 unspecified atom stereocenters. The Balaban J connectivity index is 2.36. The molecule has 0 aliphatic carbocycles. The highest BCUT2D eigenvalue weighted by atomic mass is 79.9. The van der Waals surface area contributed by atoms with Gasteiger partial charge in [-0.15, -0.1) is 22.7 Å². The Bertz CT molecular complexity index is 422. The largest absolute Gasteiger partial charge is 0.147 e. The average Bonchev–Trinajstić information content (AvgIpc) is 2.73. The van der Waals surface area contributed by atoms with Crippen molar-refractivity contribution in [2.45, 2.75) is 4.83 Å². The van der Waals surface area contributed by atoms with Gasteiger partial charge in [0.1, 0.15) is 0 Å². The van der Waals surface area contributed by atoms with Crippen LogP contribution in [-0.2, 0) is 0 Å². The van der Waals surface area contributed by atoms with Crippen molar-refractivity contribution < 1.29 is 0 Å². The fourth-order valence-electron chi connectivity index (χ4n) is 1.11. The van der Waals surface area contributed by atoms with Gasteiger partial charge in [-0.2, -0.15) is 0 Å². The van der Waals surface area contributed by atoms with Crippen LogP contribution < -0.4 is 0 Å². The van der Waals surface area contributed by atoms with Crippen molar-refractivity contribution in [1.29, 1.82) is 0 Å². The summed E-state index contributed by atoms with van der Waals surface area (Å²) in [6.45, 7) is 0. The van der Waals surface area contributed by atoms with Gasteiger partial charge in [0.25, 0.3) is 0 Å². The third kappa shape index (κ3) is 2.17. The lowest BCUT2D eigenvalue weighted by molar-refractivity contribution is 1.25. The van der Waals surface area contributed by atoms with E-state index in [0.29, 0.717) is 0 Å². The van der Waals surface area contributed by atoms with Gasteiger partial charge in [0.2, 0.25) is 0 Å². The first kappa shape index (κ1) is 11.0. The van der Waals surface area contributed by atoms with Gasteiger partial charge in [-0.25, -0.2) is 0 Å². The van der Waals surface area contributed by atoms with Gasteiger partial charge in [0.15, 0.2) is 0 Å². The molecule has 2 aromatic heterocycles. The van der Waals surface area contributed by atoms with Crippen molar-refractivity contribution >= 4 is 61.8 Å². The van der Waals surface area contributed by atoms with E-state index in [4.69, 9.17) is 23.2 Å². The molecule has 0 saturated heterocycles. The van der Waals surface area contributed by atoms with Crippen molar-refractivity contribution in [3.63, 3.8) is 0 Å². The van der Waals surface area contributed by atoms with E-state index in [1.54, 1.807) is 11.3 Å². The Hall–Kier alpha value is 0.460. The summed E-state index contributed by atoms with van der Waals surface area (Å²) in [5, 5.41) is 2.05. The molecule has 0 amide bonds. The van der Waals surface area contributed by atoms with Crippen LogP contribution in [0.5, 0.6) is 0 Å². The Kier molecular flexibility index (Phi) is 3.55. The molecule has 0 aliphatic rings. The maximum Gasteiger partial charge on any atom is 0.0991 e. The highest BCUT2D eigenvalue weighted by Gasteiger charge is 2.17. The van der Waals surface area contributed by atoms with E-state index < -0.39 is 0 Å². The molecule has 0 fully saturated rings. The first-order chi connectivity index (χ1) is 6.68. The van der Waals surface area contributed by atoms with Crippen LogP contribution in [0.15, 0.2) is 23.6 Å². The highest BCUT2D eigenvalue weighted by molar-refractivity contribution is 9.09. The lowest BCUT2D eigenvalue weighted by Crippen LogP contribution is -1.86. The second-order valence-corrected chi connectivity index (χ2v) is 6.84. The average molecular weight is 328 g/mol. The fourth-order valence-corrected chi connectivity index (χ4v) is 4.49. The summed E-state index contributed by atoms with van der Waals surface area (Å²) >= 11 is 18.7. The SMILES string of the molecule is Clc1cc(C(Br)c2cccs2)c(Cl)s1. The number of rotatable bonds is 2. The minimum atomic E-state index is 0.152. The van der Waals surface area contributed by atoms with Gasteiger partial charge in [-0.1, -0.05) is 45.2 Å². The smallest absolute Gasteiger partial charge is 0.0991 e. The summed E-state index contributed by atoms with van der Waals surface area (Å²) in [6, 6.07) is 6.01. The molecule has 1 atom stereocenters. The van der Waals surface area contributed by atoms with Crippen molar-refractivity contribution in [1.82, 2.24) is 0 Å². The molecule has 0 aromatic carbocycles. The molecular weight excluding hydrogens is 323 g/mol. The molecule has 0 radical (unpaired) electrons. The van der Waals surface area contributed by atoms with Gasteiger partial charge >= 0.3 is 0 Å². The van der Waals surface area contributed by atoms with E-state index in [1.807, 2.05) is 17.5 Å². The van der Waals surface area contributed by atoms with Crippen molar-refractivity contribution in [2.75, 3.05) is 0 Å². The third-order valence-corrected chi connectivity index (χ3v) is 5.49. The van der Waals surface area contributed by atoms with Crippen LogP contribution in [-0.4, -0.2) is 0 Å².